The summed E-state index contributed by atoms with van der Waals surface area (Å²) in [5, 5.41) is 20.3. The number of aryl methyl sites for hydroxylation is 1. The lowest BCUT2D eigenvalue weighted by molar-refractivity contribution is 0.311. The van der Waals surface area contributed by atoms with Crippen molar-refractivity contribution in [3.8, 4) is 0 Å². The fraction of sp³-hybridized carbons (Fsp3) is 0.333. The van der Waals surface area contributed by atoms with Crippen molar-refractivity contribution in [3.63, 3.8) is 0 Å². The Balaban J connectivity index is 1.99. The third-order valence-electron chi connectivity index (χ3n) is 3.38. The molecule has 0 aliphatic heterocycles. The molecule has 23 heavy (non-hydrogen) atoms. The molecular weight excluding hydrogens is 299 g/mol. The predicted octanol–water partition coefficient (Wildman–Crippen LogP) is 1.38. The molecule has 3 aromatic rings. The number of halogens is 1. The Kier molecular flexibility index (Phi) is 4.42. The minimum atomic E-state index is -0.275. The topological polar surface area (TPSA) is 88.8 Å². The molecule has 0 saturated carbocycles. The van der Waals surface area contributed by atoms with Gasteiger partial charge in [-0.15, -0.1) is 5.10 Å². The highest BCUT2D eigenvalue weighted by molar-refractivity contribution is 5.82. The zero-order valence-electron chi connectivity index (χ0n) is 12.7. The van der Waals surface area contributed by atoms with E-state index < -0.39 is 0 Å². The largest absolute Gasteiger partial charge is 0.395 e. The summed E-state index contributed by atoms with van der Waals surface area (Å²) in [5.41, 5.74) is 2.07. The fourth-order valence-corrected chi connectivity index (χ4v) is 2.23. The molecule has 0 radical (unpaired) electrons. The number of aromatic nitrogens is 5. The van der Waals surface area contributed by atoms with Gasteiger partial charge in [0.15, 0.2) is 17.0 Å². The van der Waals surface area contributed by atoms with E-state index in [9.17, 15) is 4.39 Å². The van der Waals surface area contributed by atoms with Crippen molar-refractivity contribution in [2.75, 3.05) is 18.5 Å². The van der Waals surface area contributed by atoms with Crippen molar-refractivity contribution in [2.24, 2.45) is 0 Å². The molecule has 0 fully saturated rings. The van der Waals surface area contributed by atoms with Crippen LogP contribution in [0.5, 0.6) is 0 Å². The number of hydrogen-bond acceptors (Lipinski definition) is 6. The van der Waals surface area contributed by atoms with Crippen molar-refractivity contribution >= 4 is 17.0 Å². The number of aliphatic hydroxyl groups excluding tert-OH is 1. The summed E-state index contributed by atoms with van der Waals surface area (Å²) in [5.74, 6) is 0.954. The second-order valence-corrected chi connectivity index (χ2v) is 5.04. The second-order valence-electron chi connectivity index (χ2n) is 5.04. The number of aliphatic hydroxyl groups is 1. The summed E-state index contributed by atoms with van der Waals surface area (Å²) in [6.45, 7) is 2.78. The highest BCUT2D eigenvalue weighted by Gasteiger charge is 2.14. The fourth-order valence-electron chi connectivity index (χ4n) is 2.23. The maximum atomic E-state index is 13.0. The smallest absolute Gasteiger partial charge is 0.184 e. The van der Waals surface area contributed by atoms with E-state index in [2.05, 4.69) is 25.6 Å². The standard InChI is InChI=1S/C15H17FN6O/c1-2-12-18-14(17-7-8-23)13-15(19-12)22(21-20-13)9-10-3-5-11(16)6-4-10/h3-6,23H,2,7-9H2,1H3,(H,17,18,19). The molecular formula is C15H17FN6O. The van der Waals surface area contributed by atoms with Crippen LogP contribution in [-0.4, -0.2) is 43.2 Å². The first-order valence-corrected chi connectivity index (χ1v) is 7.40. The Morgan fingerprint density at radius 3 is 2.70 bits per heavy atom. The molecule has 120 valence electrons. The molecule has 1 aromatic carbocycles. The van der Waals surface area contributed by atoms with Gasteiger partial charge >= 0.3 is 0 Å². The van der Waals surface area contributed by atoms with Gasteiger partial charge < -0.3 is 10.4 Å². The minimum Gasteiger partial charge on any atom is -0.395 e. The van der Waals surface area contributed by atoms with Crippen molar-refractivity contribution in [2.45, 2.75) is 19.9 Å². The van der Waals surface area contributed by atoms with E-state index in [1.54, 1.807) is 16.8 Å². The molecule has 0 aliphatic carbocycles. The summed E-state index contributed by atoms with van der Waals surface area (Å²) < 4.78 is 14.7. The molecule has 0 atom stereocenters. The van der Waals surface area contributed by atoms with Crippen LogP contribution in [0.4, 0.5) is 10.2 Å². The van der Waals surface area contributed by atoms with Gasteiger partial charge in [-0.25, -0.2) is 19.0 Å². The first-order chi connectivity index (χ1) is 11.2. The summed E-state index contributed by atoms with van der Waals surface area (Å²) in [7, 11) is 0. The van der Waals surface area contributed by atoms with Gasteiger partial charge in [0.2, 0.25) is 0 Å². The summed E-state index contributed by atoms with van der Waals surface area (Å²) in [4.78, 5) is 8.88. The third-order valence-corrected chi connectivity index (χ3v) is 3.38. The molecule has 2 N–H and O–H groups in total. The van der Waals surface area contributed by atoms with Crippen LogP contribution in [0, 0.1) is 5.82 Å². The highest BCUT2D eigenvalue weighted by Crippen LogP contribution is 2.18. The van der Waals surface area contributed by atoms with Crippen LogP contribution in [0.15, 0.2) is 24.3 Å². The Morgan fingerprint density at radius 1 is 1.22 bits per heavy atom. The molecule has 0 spiro atoms. The molecule has 8 heteroatoms. The molecule has 7 nitrogen and oxygen atoms in total. The third kappa shape index (κ3) is 3.26. The van der Waals surface area contributed by atoms with Crippen LogP contribution in [0.2, 0.25) is 0 Å². The number of hydrogen-bond donors (Lipinski definition) is 2. The molecule has 0 unspecified atom stereocenters. The lowest BCUT2D eigenvalue weighted by atomic mass is 10.2. The van der Waals surface area contributed by atoms with Crippen LogP contribution in [0.1, 0.15) is 18.3 Å². The highest BCUT2D eigenvalue weighted by atomic mass is 19.1. The number of nitrogens with zero attached hydrogens (tertiary/aromatic N) is 5. The van der Waals surface area contributed by atoms with Gasteiger partial charge in [-0.3, -0.25) is 0 Å². The van der Waals surface area contributed by atoms with Crippen LogP contribution >= 0.6 is 0 Å². The van der Waals surface area contributed by atoms with Crippen LogP contribution in [0.25, 0.3) is 11.2 Å². The number of fused-ring (bicyclic) bond motifs is 1. The predicted molar refractivity (Wildman–Crippen MR) is 83.6 cm³/mol. The summed E-state index contributed by atoms with van der Waals surface area (Å²) in [6.07, 6.45) is 0.672. The van der Waals surface area contributed by atoms with Gasteiger partial charge in [0.1, 0.15) is 11.6 Å². The SMILES string of the molecule is CCc1nc(NCCO)c2nnn(Cc3ccc(F)cc3)c2n1. The number of benzene rings is 1. The lowest BCUT2D eigenvalue weighted by Gasteiger charge is -2.07. The van der Waals surface area contributed by atoms with Crippen molar-refractivity contribution in [3.05, 3.63) is 41.5 Å². The Morgan fingerprint density at radius 2 is 2.00 bits per heavy atom. The van der Waals surface area contributed by atoms with Gasteiger partial charge in [-0.05, 0) is 17.7 Å². The molecule has 3 rings (SSSR count). The van der Waals surface area contributed by atoms with Gasteiger partial charge in [0, 0.05) is 13.0 Å². The molecule has 0 amide bonds. The average molecular weight is 316 g/mol. The molecule has 0 saturated heterocycles. The van der Waals surface area contributed by atoms with Crippen molar-refractivity contribution in [1.82, 2.24) is 25.0 Å². The average Bonchev–Trinajstić information content (AvgIpc) is 2.97. The monoisotopic (exact) mass is 316 g/mol. The second kappa shape index (κ2) is 6.66. The van der Waals surface area contributed by atoms with Crippen molar-refractivity contribution in [1.29, 1.82) is 0 Å². The van der Waals surface area contributed by atoms with E-state index in [4.69, 9.17) is 5.11 Å². The maximum Gasteiger partial charge on any atom is 0.184 e. The normalized spacial score (nSPS) is 11.1. The quantitative estimate of drug-likeness (QED) is 0.714. The van der Waals surface area contributed by atoms with E-state index in [0.717, 1.165) is 5.56 Å². The number of anilines is 1. The van der Waals surface area contributed by atoms with E-state index in [1.807, 2.05) is 6.92 Å². The number of rotatable bonds is 6. The molecule has 0 bridgehead atoms. The van der Waals surface area contributed by atoms with Crippen LogP contribution in [0.3, 0.4) is 0 Å². The maximum absolute atomic E-state index is 13.0. The van der Waals surface area contributed by atoms with Crippen LogP contribution in [-0.2, 0) is 13.0 Å². The zero-order chi connectivity index (χ0) is 16.2. The van der Waals surface area contributed by atoms with Crippen LogP contribution < -0.4 is 5.32 Å². The van der Waals surface area contributed by atoms with E-state index in [0.29, 0.717) is 42.3 Å². The Bertz CT molecular complexity index is 802. The zero-order valence-corrected chi connectivity index (χ0v) is 12.7. The lowest BCUT2D eigenvalue weighted by Crippen LogP contribution is -2.10. The summed E-state index contributed by atoms with van der Waals surface area (Å²) in [6, 6.07) is 6.23. The molecule has 2 heterocycles. The van der Waals surface area contributed by atoms with Gasteiger partial charge in [0.25, 0.3) is 0 Å². The van der Waals surface area contributed by atoms with Crippen molar-refractivity contribution < 1.29 is 9.50 Å². The van der Waals surface area contributed by atoms with Gasteiger partial charge in [-0.2, -0.15) is 0 Å². The van der Waals surface area contributed by atoms with E-state index in [-0.39, 0.29) is 12.4 Å². The van der Waals surface area contributed by atoms with Gasteiger partial charge in [0.05, 0.1) is 13.2 Å². The first-order valence-electron chi connectivity index (χ1n) is 7.40. The Labute approximate surface area is 132 Å². The van der Waals surface area contributed by atoms with Gasteiger partial charge in [-0.1, -0.05) is 24.3 Å². The molecule has 2 aromatic heterocycles. The Hall–Kier alpha value is -2.61. The number of nitrogens with one attached hydrogen (secondary N) is 1. The van der Waals surface area contributed by atoms with E-state index >= 15 is 0 Å². The molecule has 0 aliphatic rings. The summed E-state index contributed by atoms with van der Waals surface area (Å²) >= 11 is 0. The first kappa shape index (κ1) is 15.3. The minimum absolute atomic E-state index is 0.00330. The van der Waals surface area contributed by atoms with E-state index in [1.165, 1.54) is 12.1 Å².